The quantitative estimate of drug-likeness (QED) is 0.270. The van der Waals surface area contributed by atoms with E-state index in [0.717, 1.165) is 40.5 Å². The van der Waals surface area contributed by atoms with E-state index in [1.807, 2.05) is 23.6 Å². The van der Waals surface area contributed by atoms with E-state index in [-0.39, 0.29) is 5.82 Å². The number of aryl methyl sites for hydroxylation is 1. The molecular formula is C26H22F3N7OS. The van der Waals surface area contributed by atoms with Gasteiger partial charge in [0.05, 0.1) is 18.2 Å². The molecular weight excluding hydrogens is 515 g/mol. The number of nitrogens with one attached hydrogen (secondary N) is 1. The van der Waals surface area contributed by atoms with Crippen LogP contribution >= 0.6 is 11.3 Å². The number of fused-ring (bicyclic) bond motifs is 1. The van der Waals surface area contributed by atoms with Crippen LogP contribution in [0.2, 0.25) is 0 Å². The topological polar surface area (TPSA) is 90.6 Å². The number of hydrogen-bond acceptors (Lipinski definition) is 8. The summed E-state index contributed by atoms with van der Waals surface area (Å²) in [6.45, 7) is 0.452. The van der Waals surface area contributed by atoms with E-state index in [9.17, 15) is 13.2 Å². The van der Waals surface area contributed by atoms with Crippen molar-refractivity contribution in [1.82, 2.24) is 29.5 Å². The summed E-state index contributed by atoms with van der Waals surface area (Å²) in [7, 11) is 3.12. The Morgan fingerprint density at radius 3 is 2.55 bits per heavy atom. The molecule has 1 aliphatic rings. The molecule has 1 fully saturated rings. The molecule has 1 aromatic carbocycles. The molecule has 0 atom stereocenters. The Hall–Kier alpha value is -4.06. The highest BCUT2D eigenvalue weighted by atomic mass is 32.1. The van der Waals surface area contributed by atoms with Crippen LogP contribution in [0.4, 0.5) is 19.0 Å². The van der Waals surface area contributed by atoms with E-state index < -0.39 is 11.9 Å². The molecule has 0 spiro atoms. The highest BCUT2D eigenvalue weighted by Crippen LogP contribution is 2.45. The van der Waals surface area contributed by atoms with Crippen molar-refractivity contribution < 1.29 is 17.9 Å². The van der Waals surface area contributed by atoms with Crippen LogP contribution < -0.4 is 10.1 Å². The summed E-state index contributed by atoms with van der Waals surface area (Å²) in [4.78, 5) is 23.0. The molecule has 5 aromatic rings. The maximum atomic E-state index is 13.0. The number of nitrogens with zero attached hydrogens (tertiary/aromatic N) is 6. The fraction of sp³-hybridized carbons (Fsp3) is 0.269. The molecule has 1 aliphatic carbocycles. The summed E-state index contributed by atoms with van der Waals surface area (Å²) in [5, 5.41) is 6.26. The zero-order valence-corrected chi connectivity index (χ0v) is 21.3. The average molecular weight is 538 g/mol. The van der Waals surface area contributed by atoms with Gasteiger partial charge in [0, 0.05) is 31.3 Å². The van der Waals surface area contributed by atoms with E-state index in [1.54, 1.807) is 26.3 Å². The monoisotopic (exact) mass is 537 g/mol. The number of hydrogen-bond donors (Lipinski definition) is 1. The van der Waals surface area contributed by atoms with Gasteiger partial charge in [-0.25, -0.2) is 24.9 Å². The smallest absolute Gasteiger partial charge is 0.434 e. The molecule has 6 rings (SSSR count). The number of benzene rings is 1. The van der Waals surface area contributed by atoms with Crippen LogP contribution in [0.25, 0.3) is 33.0 Å². The summed E-state index contributed by atoms with van der Waals surface area (Å²) in [6, 6.07) is 9.21. The number of thiophene rings is 1. The maximum Gasteiger partial charge on any atom is 0.434 e. The van der Waals surface area contributed by atoms with Crippen LogP contribution in [-0.2, 0) is 19.8 Å². The second-order valence-electron chi connectivity index (χ2n) is 9.06. The lowest BCUT2D eigenvalue weighted by Gasteiger charge is -2.13. The third-order valence-corrected chi connectivity index (χ3v) is 7.19. The predicted molar refractivity (Wildman–Crippen MR) is 138 cm³/mol. The summed E-state index contributed by atoms with van der Waals surface area (Å²) in [5.74, 6) is 2.23. The van der Waals surface area contributed by atoms with Gasteiger partial charge in [0.15, 0.2) is 11.5 Å². The van der Waals surface area contributed by atoms with E-state index in [0.29, 0.717) is 41.1 Å². The predicted octanol–water partition coefficient (Wildman–Crippen LogP) is 6.07. The molecule has 38 heavy (non-hydrogen) atoms. The highest BCUT2D eigenvalue weighted by Gasteiger charge is 2.34. The minimum atomic E-state index is -4.49. The van der Waals surface area contributed by atoms with Crippen molar-refractivity contribution in [1.29, 1.82) is 0 Å². The molecule has 4 heterocycles. The molecule has 4 aromatic heterocycles. The van der Waals surface area contributed by atoms with Crippen LogP contribution in [-0.4, -0.2) is 36.6 Å². The first-order valence-electron chi connectivity index (χ1n) is 11.9. The molecule has 12 heteroatoms. The summed E-state index contributed by atoms with van der Waals surface area (Å²) in [5.41, 5.74) is 2.23. The van der Waals surface area contributed by atoms with Gasteiger partial charge < -0.3 is 14.6 Å². The standard InChI is InChI=1S/C26H22F3N7OS/c1-36-12-18(26(27,28)29)33-23(36)16-5-3-14(4-6-16)11-30-21-17-9-10-38-25(17)35-22(34-21)19-20(15-7-8-15)31-13-32-24(19)37-2/h3-6,9-10,12-13,15H,7-8,11H2,1-2H3,(H,30,34,35). The van der Waals surface area contributed by atoms with E-state index in [4.69, 9.17) is 14.7 Å². The van der Waals surface area contributed by atoms with Crippen LogP contribution in [0.1, 0.15) is 35.7 Å². The minimum absolute atomic E-state index is 0.253. The zero-order chi connectivity index (χ0) is 26.4. The van der Waals surface area contributed by atoms with Crippen LogP contribution in [0.5, 0.6) is 5.88 Å². The molecule has 1 N–H and O–H groups in total. The van der Waals surface area contributed by atoms with Crippen molar-refractivity contribution in [3.05, 3.63) is 65.2 Å². The second kappa shape index (κ2) is 9.35. The zero-order valence-electron chi connectivity index (χ0n) is 20.5. The largest absolute Gasteiger partial charge is 0.480 e. The number of imidazole rings is 1. The number of anilines is 1. The van der Waals surface area contributed by atoms with Crippen molar-refractivity contribution in [2.45, 2.75) is 31.5 Å². The lowest BCUT2D eigenvalue weighted by atomic mass is 10.1. The van der Waals surface area contributed by atoms with E-state index >= 15 is 0 Å². The number of halogens is 3. The van der Waals surface area contributed by atoms with E-state index in [1.165, 1.54) is 22.2 Å². The minimum Gasteiger partial charge on any atom is -0.480 e. The third-order valence-electron chi connectivity index (χ3n) is 6.39. The van der Waals surface area contributed by atoms with Gasteiger partial charge in [-0.15, -0.1) is 11.3 Å². The molecule has 0 aliphatic heterocycles. The number of rotatable bonds is 7. The van der Waals surface area contributed by atoms with Crippen molar-refractivity contribution in [3.8, 4) is 28.7 Å². The molecule has 0 bridgehead atoms. The fourth-order valence-electron chi connectivity index (χ4n) is 4.34. The maximum absolute atomic E-state index is 13.0. The van der Waals surface area contributed by atoms with Gasteiger partial charge in [-0.3, -0.25) is 0 Å². The van der Waals surface area contributed by atoms with Crippen LogP contribution in [0.15, 0.2) is 48.2 Å². The van der Waals surface area contributed by atoms with Gasteiger partial charge in [0.25, 0.3) is 0 Å². The number of ether oxygens (including phenoxy) is 1. The van der Waals surface area contributed by atoms with Gasteiger partial charge in [-0.2, -0.15) is 13.2 Å². The van der Waals surface area contributed by atoms with Crippen molar-refractivity contribution in [2.75, 3.05) is 12.4 Å². The summed E-state index contributed by atoms with van der Waals surface area (Å²) < 4.78 is 46.1. The molecule has 0 unspecified atom stereocenters. The summed E-state index contributed by atoms with van der Waals surface area (Å²) in [6.07, 6.45) is 0.136. The molecule has 0 amide bonds. The summed E-state index contributed by atoms with van der Waals surface area (Å²) >= 11 is 1.52. The Bertz CT molecular complexity index is 1620. The third kappa shape index (κ3) is 4.55. The number of alkyl halides is 3. The lowest BCUT2D eigenvalue weighted by Crippen LogP contribution is -2.06. The fourth-order valence-corrected chi connectivity index (χ4v) is 5.11. The number of aromatic nitrogens is 6. The first-order valence-corrected chi connectivity index (χ1v) is 12.8. The van der Waals surface area contributed by atoms with Crippen molar-refractivity contribution >= 4 is 27.4 Å². The molecule has 0 radical (unpaired) electrons. The molecule has 8 nitrogen and oxygen atoms in total. The Kier molecular flexibility index (Phi) is 5.98. The van der Waals surface area contributed by atoms with Gasteiger partial charge in [-0.1, -0.05) is 24.3 Å². The van der Waals surface area contributed by atoms with Gasteiger partial charge >= 0.3 is 6.18 Å². The first-order chi connectivity index (χ1) is 18.3. The molecule has 1 saturated carbocycles. The van der Waals surface area contributed by atoms with Crippen molar-refractivity contribution in [2.24, 2.45) is 7.05 Å². The SMILES string of the molecule is COc1ncnc(C2CC2)c1-c1nc(NCc2ccc(-c3nc(C(F)(F)F)cn3C)cc2)c2ccsc2n1. The van der Waals surface area contributed by atoms with Gasteiger partial charge in [0.1, 0.15) is 28.4 Å². The normalized spacial score (nSPS) is 13.7. The van der Waals surface area contributed by atoms with Crippen LogP contribution in [0, 0.1) is 0 Å². The lowest BCUT2D eigenvalue weighted by molar-refractivity contribution is -0.140. The Morgan fingerprint density at radius 1 is 1.08 bits per heavy atom. The highest BCUT2D eigenvalue weighted by molar-refractivity contribution is 7.16. The number of methoxy groups -OCH3 is 1. The van der Waals surface area contributed by atoms with Gasteiger partial charge in [-0.05, 0) is 29.9 Å². The molecule has 194 valence electrons. The first kappa shape index (κ1) is 24.3. The average Bonchev–Trinajstić information content (AvgIpc) is 3.51. The van der Waals surface area contributed by atoms with E-state index in [2.05, 4.69) is 20.3 Å². The Labute approximate surface area is 219 Å². The molecule has 0 saturated heterocycles. The Morgan fingerprint density at radius 2 is 1.87 bits per heavy atom. The van der Waals surface area contributed by atoms with Gasteiger partial charge in [0.2, 0.25) is 5.88 Å². The second-order valence-corrected chi connectivity index (χ2v) is 9.96. The Balaban J connectivity index is 1.28. The van der Waals surface area contributed by atoms with Crippen LogP contribution in [0.3, 0.4) is 0 Å². The van der Waals surface area contributed by atoms with Crippen molar-refractivity contribution in [3.63, 3.8) is 0 Å².